The van der Waals surface area contributed by atoms with Crippen molar-refractivity contribution in [3.63, 3.8) is 0 Å². The molecule has 3 N–H and O–H groups in total. The Balaban J connectivity index is 2.25. The molecule has 0 saturated carbocycles. The Morgan fingerprint density at radius 3 is 2.71 bits per heavy atom. The van der Waals surface area contributed by atoms with E-state index < -0.39 is 10.7 Å². The molecular weight excluding hydrogens is 277 g/mol. The third-order valence-electron chi connectivity index (χ3n) is 2.81. The van der Waals surface area contributed by atoms with Gasteiger partial charge in [0.15, 0.2) is 5.75 Å². The van der Waals surface area contributed by atoms with Crippen molar-refractivity contribution < 1.29 is 14.1 Å². The molecule has 21 heavy (non-hydrogen) atoms. The highest BCUT2D eigenvalue weighted by molar-refractivity contribution is 5.96. The highest BCUT2D eigenvalue weighted by atomic mass is 19.1. The summed E-state index contributed by atoms with van der Waals surface area (Å²) in [5.41, 5.74) is 5.90. The number of ether oxygens (including phenoxy) is 1. The quantitative estimate of drug-likeness (QED) is 0.382. The first-order chi connectivity index (χ1) is 9.99. The fourth-order valence-corrected chi connectivity index (χ4v) is 1.81. The Kier molecular flexibility index (Phi) is 4.13. The van der Waals surface area contributed by atoms with Crippen molar-refractivity contribution in [2.45, 2.75) is 6.61 Å². The van der Waals surface area contributed by atoms with Crippen molar-refractivity contribution in [3.8, 4) is 5.75 Å². The standard InChI is InChI=1S/C14H12FN3O3/c15-10-6-5-9(11(7-10)14(16)17)8-21-13-4-2-1-3-12(13)18(19)20/h1-7H,8H2,(H3,16,17). The van der Waals surface area contributed by atoms with E-state index in [0.29, 0.717) is 5.56 Å². The van der Waals surface area contributed by atoms with Crippen LogP contribution in [0.25, 0.3) is 0 Å². The smallest absolute Gasteiger partial charge is 0.310 e. The van der Waals surface area contributed by atoms with Crippen LogP contribution in [0.4, 0.5) is 10.1 Å². The number of para-hydroxylation sites is 2. The molecule has 0 atom stereocenters. The predicted molar refractivity (Wildman–Crippen MR) is 74.8 cm³/mol. The molecule has 0 aliphatic carbocycles. The second-order valence-electron chi connectivity index (χ2n) is 4.23. The van der Waals surface area contributed by atoms with Gasteiger partial charge >= 0.3 is 5.69 Å². The summed E-state index contributed by atoms with van der Waals surface area (Å²) in [5.74, 6) is -0.716. The van der Waals surface area contributed by atoms with Crippen molar-refractivity contribution in [2.75, 3.05) is 0 Å². The first-order valence-electron chi connectivity index (χ1n) is 5.98. The third-order valence-corrected chi connectivity index (χ3v) is 2.81. The van der Waals surface area contributed by atoms with E-state index in [1.54, 1.807) is 6.07 Å². The molecule has 0 spiro atoms. The largest absolute Gasteiger partial charge is 0.482 e. The van der Waals surface area contributed by atoms with Crippen LogP contribution in [-0.4, -0.2) is 10.8 Å². The zero-order valence-electron chi connectivity index (χ0n) is 10.9. The molecule has 0 heterocycles. The molecule has 2 aromatic carbocycles. The molecule has 2 rings (SSSR count). The monoisotopic (exact) mass is 289 g/mol. The number of nitrogens with two attached hydrogens (primary N) is 1. The Bertz CT molecular complexity index is 704. The van der Waals surface area contributed by atoms with E-state index in [9.17, 15) is 14.5 Å². The minimum Gasteiger partial charge on any atom is -0.482 e. The number of nitro benzene ring substituents is 1. The molecule has 0 saturated heterocycles. The van der Waals surface area contributed by atoms with Crippen molar-refractivity contribution >= 4 is 11.5 Å². The normalized spacial score (nSPS) is 10.1. The van der Waals surface area contributed by atoms with Gasteiger partial charge in [-0.3, -0.25) is 15.5 Å². The lowest BCUT2D eigenvalue weighted by molar-refractivity contribution is -0.385. The first kappa shape index (κ1) is 14.4. The Labute approximate surface area is 119 Å². The lowest BCUT2D eigenvalue weighted by Gasteiger charge is -2.10. The van der Waals surface area contributed by atoms with Crippen LogP contribution < -0.4 is 10.5 Å². The van der Waals surface area contributed by atoms with Crippen LogP contribution in [0.15, 0.2) is 42.5 Å². The zero-order valence-corrected chi connectivity index (χ0v) is 10.9. The molecule has 0 unspecified atom stereocenters. The summed E-state index contributed by atoms with van der Waals surface area (Å²) in [5, 5.41) is 18.3. The summed E-state index contributed by atoms with van der Waals surface area (Å²) >= 11 is 0. The van der Waals surface area contributed by atoms with Gasteiger partial charge in [0.05, 0.1) is 4.92 Å². The van der Waals surface area contributed by atoms with Gasteiger partial charge in [-0.15, -0.1) is 0 Å². The lowest BCUT2D eigenvalue weighted by atomic mass is 10.1. The number of hydrogen-bond donors (Lipinski definition) is 2. The van der Waals surface area contributed by atoms with E-state index in [4.69, 9.17) is 15.9 Å². The molecule has 7 heteroatoms. The highest BCUT2D eigenvalue weighted by Crippen LogP contribution is 2.27. The number of nitro groups is 1. The fourth-order valence-electron chi connectivity index (χ4n) is 1.81. The molecular formula is C14H12FN3O3. The van der Waals surface area contributed by atoms with Crippen molar-refractivity contribution in [3.05, 3.63) is 69.5 Å². The molecule has 6 nitrogen and oxygen atoms in total. The molecule has 0 aliphatic rings. The number of halogens is 1. The van der Waals surface area contributed by atoms with Gasteiger partial charge in [-0.25, -0.2) is 4.39 Å². The summed E-state index contributed by atoms with van der Waals surface area (Å²) in [7, 11) is 0. The molecule has 0 aromatic heterocycles. The van der Waals surface area contributed by atoms with Gasteiger partial charge < -0.3 is 10.5 Å². The number of nitrogens with one attached hydrogen (secondary N) is 1. The van der Waals surface area contributed by atoms with E-state index in [0.717, 1.165) is 6.07 Å². The van der Waals surface area contributed by atoms with E-state index in [2.05, 4.69) is 0 Å². The maximum Gasteiger partial charge on any atom is 0.310 e. The van der Waals surface area contributed by atoms with Crippen LogP contribution in [0.1, 0.15) is 11.1 Å². The molecule has 0 radical (unpaired) electrons. The average molecular weight is 289 g/mol. The number of nitrogens with zero attached hydrogens (tertiary/aromatic N) is 1. The van der Waals surface area contributed by atoms with Gasteiger partial charge in [-0.1, -0.05) is 18.2 Å². The summed E-state index contributed by atoms with van der Waals surface area (Å²) in [4.78, 5) is 10.3. The Morgan fingerprint density at radius 2 is 2.05 bits per heavy atom. The minimum absolute atomic E-state index is 0.0555. The topological polar surface area (TPSA) is 102 Å². The summed E-state index contributed by atoms with van der Waals surface area (Å²) in [6, 6.07) is 9.70. The van der Waals surface area contributed by atoms with Gasteiger partial charge in [0.25, 0.3) is 0 Å². The second kappa shape index (κ2) is 6.00. The number of rotatable bonds is 5. The van der Waals surface area contributed by atoms with Crippen LogP contribution in [0.5, 0.6) is 5.75 Å². The van der Waals surface area contributed by atoms with Crippen LogP contribution >= 0.6 is 0 Å². The van der Waals surface area contributed by atoms with Crippen LogP contribution in [0.2, 0.25) is 0 Å². The summed E-state index contributed by atoms with van der Waals surface area (Å²) in [6.07, 6.45) is 0. The number of hydrogen-bond acceptors (Lipinski definition) is 4. The van der Waals surface area contributed by atoms with E-state index in [-0.39, 0.29) is 29.4 Å². The van der Waals surface area contributed by atoms with Crippen LogP contribution in [0, 0.1) is 21.3 Å². The number of amidine groups is 1. The van der Waals surface area contributed by atoms with Crippen molar-refractivity contribution in [1.29, 1.82) is 5.41 Å². The molecule has 0 amide bonds. The van der Waals surface area contributed by atoms with Gasteiger partial charge in [0.1, 0.15) is 18.3 Å². The van der Waals surface area contributed by atoms with E-state index in [1.165, 1.54) is 30.3 Å². The molecule has 0 fully saturated rings. The Hall–Kier alpha value is -2.96. The van der Waals surface area contributed by atoms with Gasteiger partial charge in [0, 0.05) is 17.2 Å². The average Bonchev–Trinajstić information content (AvgIpc) is 2.46. The number of benzene rings is 2. The highest BCUT2D eigenvalue weighted by Gasteiger charge is 2.15. The SMILES string of the molecule is N=C(N)c1cc(F)ccc1COc1ccccc1[N+](=O)[O-]. The molecule has 0 bridgehead atoms. The zero-order chi connectivity index (χ0) is 15.4. The van der Waals surface area contributed by atoms with Crippen molar-refractivity contribution in [2.24, 2.45) is 5.73 Å². The van der Waals surface area contributed by atoms with Crippen LogP contribution in [-0.2, 0) is 6.61 Å². The minimum atomic E-state index is -0.550. The predicted octanol–water partition coefficient (Wildman–Crippen LogP) is 2.60. The van der Waals surface area contributed by atoms with E-state index in [1.807, 2.05) is 0 Å². The van der Waals surface area contributed by atoms with E-state index >= 15 is 0 Å². The summed E-state index contributed by atoms with van der Waals surface area (Å²) < 4.78 is 18.6. The maximum absolute atomic E-state index is 13.2. The lowest BCUT2D eigenvalue weighted by Crippen LogP contribution is -2.15. The molecule has 2 aromatic rings. The van der Waals surface area contributed by atoms with Gasteiger partial charge in [-0.2, -0.15) is 0 Å². The van der Waals surface area contributed by atoms with Crippen molar-refractivity contribution in [1.82, 2.24) is 0 Å². The maximum atomic E-state index is 13.2. The number of nitrogen functional groups attached to an aromatic ring is 1. The molecule has 108 valence electrons. The van der Waals surface area contributed by atoms with Gasteiger partial charge in [0.2, 0.25) is 0 Å². The third kappa shape index (κ3) is 3.33. The van der Waals surface area contributed by atoms with Gasteiger partial charge in [-0.05, 0) is 18.2 Å². The fraction of sp³-hybridized carbons (Fsp3) is 0.0714. The first-order valence-corrected chi connectivity index (χ1v) is 5.98. The molecule has 0 aliphatic heterocycles. The Morgan fingerprint density at radius 1 is 1.33 bits per heavy atom. The second-order valence-corrected chi connectivity index (χ2v) is 4.23. The van der Waals surface area contributed by atoms with Crippen LogP contribution in [0.3, 0.4) is 0 Å². The summed E-state index contributed by atoms with van der Waals surface area (Å²) in [6.45, 7) is -0.0555.